The molecule has 0 aromatic carbocycles. The fourth-order valence-corrected chi connectivity index (χ4v) is 0.810. The highest BCUT2D eigenvalue weighted by Crippen LogP contribution is 1.97. The molecular weight excluding hydrogens is 138 g/mol. The monoisotopic (exact) mass is 151 g/mol. The molecule has 0 amide bonds. The second kappa shape index (κ2) is 4.74. The van der Waals surface area contributed by atoms with Gasteiger partial charge in [0, 0.05) is 6.54 Å². The lowest BCUT2D eigenvalue weighted by Crippen LogP contribution is -2.11. The lowest BCUT2D eigenvalue weighted by molar-refractivity contribution is 0.490. The first-order valence-electron chi connectivity index (χ1n) is 3.77. The van der Waals surface area contributed by atoms with Crippen molar-refractivity contribution in [3.8, 4) is 0 Å². The summed E-state index contributed by atoms with van der Waals surface area (Å²) in [5.41, 5.74) is 0. The average molecular weight is 151 g/mol. The van der Waals surface area contributed by atoms with Gasteiger partial charge < -0.3 is 9.73 Å². The first-order valence-corrected chi connectivity index (χ1v) is 3.77. The molecule has 1 aromatic heterocycles. The van der Waals surface area contributed by atoms with Crippen LogP contribution in [0.25, 0.3) is 0 Å². The van der Waals surface area contributed by atoms with Crippen molar-refractivity contribution in [1.29, 1.82) is 0 Å². The molecule has 60 valence electrons. The fraction of sp³-hybridized carbons (Fsp3) is 0.333. The summed E-state index contributed by atoms with van der Waals surface area (Å²) in [5.74, 6) is 0.981. The molecule has 0 aliphatic carbocycles. The van der Waals surface area contributed by atoms with E-state index in [-0.39, 0.29) is 0 Å². The zero-order chi connectivity index (χ0) is 7.94. The number of hydrogen-bond acceptors (Lipinski definition) is 2. The lowest BCUT2D eigenvalue weighted by atomic mass is 10.4. The Morgan fingerprint density at radius 3 is 3.18 bits per heavy atom. The third-order valence-corrected chi connectivity index (χ3v) is 1.38. The first-order chi connectivity index (χ1) is 5.43. The van der Waals surface area contributed by atoms with Gasteiger partial charge in [0.25, 0.3) is 0 Å². The summed E-state index contributed by atoms with van der Waals surface area (Å²) in [6.45, 7) is 3.71. The Balaban J connectivity index is 2.14. The van der Waals surface area contributed by atoms with Gasteiger partial charge >= 0.3 is 0 Å². The van der Waals surface area contributed by atoms with Crippen molar-refractivity contribution in [2.24, 2.45) is 0 Å². The Bertz CT molecular complexity index is 201. The lowest BCUT2D eigenvalue weighted by Gasteiger charge is -1.95. The molecule has 0 atom stereocenters. The molecular formula is C9H13NO. The van der Waals surface area contributed by atoms with E-state index in [2.05, 4.69) is 11.4 Å². The van der Waals surface area contributed by atoms with Gasteiger partial charge in [-0.25, -0.2) is 0 Å². The van der Waals surface area contributed by atoms with Gasteiger partial charge in [0.15, 0.2) is 0 Å². The van der Waals surface area contributed by atoms with Gasteiger partial charge in [-0.3, -0.25) is 0 Å². The standard InChI is InChI=1S/C9H13NO/c1-2-3-6-10-8-9-5-4-7-11-9/h2-5,7,10H,6,8H2,1H3/b3-2+. The van der Waals surface area contributed by atoms with E-state index in [9.17, 15) is 0 Å². The molecule has 1 aromatic rings. The Hall–Kier alpha value is -1.02. The van der Waals surface area contributed by atoms with Gasteiger partial charge in [0.1, 0.15) is 5.76 Å². The second-order valence-electron chi connectivity index (χ2n) is 2.28. The zero-order valence-electron chi connectivity index (χ0n) is 6.71. The molecule has 11 heavy (non-hydrogen) atoms. The maximum Gasteiger partial charge on any atom is 0.117 e. The zero-order valence-corrected chi connectivity index (χ0v) is 6.71. The van der Waals surface area contributed by atoms with Crippen LogP contribution in [0.3, 0.4) is 0 Å². The van der Waals surface area contributed by atoms with E-state index in [1.54, 1.807) is 6.26 Å². The Kier molecular flexibility index (Phi) is 3.48. The molecule has 0 spiro atoms. The third-order valence-electron chi connectivity index (χ3n) is 1.38. The van der Waals surface area contributed by atoms with Crippen LogP contribution >= 0.6 is 0 Å². The Morgan fingerprint density at radius 2 is 2.55 bits per heavy atom. The van der Waals surface area contributed by atoms with Crippen molar-refractivity contribution in [2.75, 3.05) is 6.54 Å². The maximum absolute atomic E-state index is 5.13. The van der Waals surface area contributed by atoms with Gasteiger partial charge in [-0.05, 0) is 19.1 Å². The molecule has 0 saturated carbocycles. The summed E-state index contributed by atoms with van der Waals surface area (Å²) in [6.07, 6.45) is 5.78. The van der Waals surface area contributed by atoms with E-state index in [1.807, 2.05) is 25.1 Å². The summed E-state index contributed by atoms with van der Waals surface area (Å²) in [6, 6.07) is 3.86. The molecule has 0 aliphatic heterocycles. The fourth-order valence-electron chi connectivity index (χ4n) is 0.810. The van der Waals surface area contributed by atoms with Gasteiger partial charge in [-0.15, -0.1) is 0 Å². The van der Waals surface area contributed by atoms with Crippen molar-refractivity contribution in [3.63, 3.8) is 0 Å². The predicted octanol–water partition coefficient (Wildman–Crippen LogP) is 1.95. The van der Waals surface area contributed by atoms with Crippen LogP contribution in [-0.4, -0.2) is 6.54 Å². The number of nitrogens with one attached hydrogen (secondary N) is 1. The highest BCUT2D eigenvalue weighted by molar-refractivity contribution is 4.97. The first kappa shape index (κ1) is 8.08. The van der Waals surface area contributed by atoms with Crippen molar-refractivity contribution in [3.05, 3.63) is 36.3 Å². The largest absolute Gasteiger partial charge is 0.468 e. The molecule has 0 aliphatic rings. The topological polar surface area (TPSA) is 25.2 Å². The van der Waals surface area contributed by atoms with E-state index in [0.29, 0.717) is 0 Å². The molecule has 0 bridgehead atoms. The highest BCUT2D eigenvalue weighted by atomic mass is 16.3. The quantitative estimate of drug-likeness (QED) is 0.525. The predicted molar refractivity (Wildman–Crippen MR) is 45.2 cm³/mol. The van der Waals surface area contributed by atoms with Crippen LogP contribution in [0.2, 0.25) is 0 Å². The van der Waals surface area contributed by atoms with Gasteiger partial charge in [-0.1, -0.05) is 12.2 Å². The summed E-state index contributed by atoms with van der Waals surface area (Å²) in [4.78, 5) is 0. The Labute approximate surface area is 66.9 Å². The molecule has 0 saturated heterocycles. The molecule has 2 nitrogen and oxygen atoms in total. The molecule has 0 unspecified atom stereocenters. The van der Waals surface area contributed by atoms with Crippen molar-refractivity contribution >= 4 is 0 Å². The average Bonchev–Trinajstić information content (AvgIpc) is 2.50. The van der Waals surface area contributed by atoms with Crippen LogP contribution in [0.15, 0.2) is 35.0 Å². The van der Waals surface area contributed by atoms with Gasteiger partial charge in [0.2, 0.25) is 0 Å². The molecule has 0 radical (unpaired) electrons. The van der Waals surface area contributed by atoms with E-state index in [1.165, 1.54) is 0 Å². The van der Waals surface area contributed by atoms with Crippen LogP contribution < -0.4 is 5.32 Å². The number of rotatable bonds is 4. The summed E-state index contributed by atoms with van der Waals surface area (Å²) in [5, 5.41) is 3.21. The maximum atomic E-state index is 5.13. The van der Waals surface area contributed by atoms with Crippen molar-refractivity contribution in [2.45, 2.75) is 13.5 Å². The van der Waals surface area contributed by atoms with E-state index in [4.69, 9.17) is 4.42 Å². The SMILES string of the molecule is C/C=C/CNCc1ccco1. The van der Waals surface area contributed by atoms with Gasteiger partial charge in [-0.2, -0.15) is 0 Å². The summed E-state index contributed by atoms with van der Waals surface area (Å²) < 4.78 is 5.13. The minimum atomic E-state index is 0.803. The third kappa shape index (κ3) is 3.05. The minimum Gasteiger partial charge on any atom is -0.468 e. The molecule has 1 heterocycles. The van der Waals surface area contributed by atoms with Crippen LogP contribution in [-0.2, 0) is 6.54 Å². The molecule has 0 fully saturated rings. The number of allylic oxidation sites excluding steroid dienone is 1. The smallest absolute Gasteiger partial charge is 0.117 e. The number of furan rings is 1. The van der Waals surface area contributed by atoms with Crippen molar-refractivity contribution < 1.29 is 4.42 Å². The normalized spacial score (nSPS) is 11.0. The van der Waals surface area contributed by atoms with E-state index < -0.39 is 0 Å². The Morgan fingerprint density at radius 1 is 1.64 bits per heavy atom. The molecule has 2 heteroatoms. The second-order valence-corrected chi connectivity index (χ2v) is 2.28. The summed E-state index contributed by atoms with van der Waals surface area (Å²) >= 11 is 0. The highest BCUT2D eigenvalue weighted by Gasteiger charge is 1.90. The molecule has 1 rings (SSSR count). The van der Waals surface area contributed by atoms with Crippen molar-refractivity contribution in [1.82, 2.24) is 5.32 Å². The van der Waals surface area contributed by atoms with Crippen LogP contribution in [0.4, 0.5) is 0 Å². The van der Waals surface area contributed by atoms with Gasteiger partial charge in [0.05, 0.1) is 12.8 Å². The van der Waals surface area contributed by atoms with E-state index in [0.717, 1.165) is 18.8 Å². The van der Waals surface area contributed by atoms with Crippen LogP contribution in [0, 0.1) is 0 Å². The summed E-state index contributed by atoms with van der Waals surface area (Å²) in [7, 11) is 0. The number of hydrogen-bond donors (Lipinski definition) is 1. The van der Waals surface area contributed by atoms with E-state index >= 15 is 0 Å². The van der Waals surface area contributed by atoms with Crippen LogP contribution in [0.1, 0.15) is 12.7 Å². The minimum absolute atomic E-state index is 0.803. The molecule has 1 N–H and O–H groups in total. The van der Waals surface area contributed by atoms with Crippen LogP contribution in [0.5, 0.6) is 0 Å².